The van der Waals surface area contributed by atoms with Crippen molar-refractivity contribution in [3.05, 3.63) is 24.8 Å². The molecule has 0 fully saturated rings. The molecule has 1 aromatic carbocycles. The molecule has 0 heterocycles. The van der Waals surface area contributed by atoms with Gasteiger partial charge in [0.2, 0.25) is 10.0 Å². The highest BCUT2D eigenvalue weighted by Crippen LogP contribution is 2.35. The van der Waals surface area contributed by atoms with E-state index in [0.29, 0.717) is 18.7 Å². The molecule has 0 spiro atoms. The number of nitrogens with zero attached hydrogens (tertiary/aromatic N) is 1. The van der Waals surface area contributed by atoms with Gasteiger partial charge in [0.15, 0.2) is 0 Å². The molecule has 7 heteroatoms. The van der Waals surface area contributed by atoms with Gasteiger partial charge in [0.25, 0.3) is 0 Å². The third-order valence-electron chi connectivity index (χ3n) is 2.94. The molecule has 0 aromatic heterocycles. The molecule has 0 bridgehead atoms. The minimum absolute atomic E-state index is 0.0265. The van der Waals surface area contributed by atoms with Crippen molar-refractivity contribution in [3.8, 4) is 11.5 Å². The van der Waals surface area contributed by atoms with Gasteiger partial charge in [-0.3, -0.25) is 0 Å². The van der Waals surface area contributed by atoms with Crippen molar-refractivity contribution < 1.29 is 17.9 Å². The minimum atomic E-state index is -3.71. The Morgan fingerprint density at radius 3 is 2.38 bits per heavy atom. The molecule has 1 rings (SSSR count). The smallest absolute Gasteiger partial charge is 0.247 e. The molecule has 1 aromatic rings. The van der Waals surface area contributed by atoms with Crippen LogP contribution in [0.5, 0.6) is 11.5 Å². The monoisotopic (exact) mass is 314 g/mol. The van der Waals surface area contributed by atoms with Crippen LogP contribution in [0.25, 0.3) is 0 Å². The number of sulfonamides is 1. The summed E-state index contributed by atoms with van der Waals surface area (Å²) in [6.45, 7) is 6.12. The summed E-state index contributed by atoms with van der Waals surface area (Å²) in [7, 11) is -0.851. The topological polar surface area (TPSA) is 81.9 Å². The Morgan fingerprint density at radius 2 is 1.90 bits per heavy atom. The molecule has 0 aliphatic heterocycles. The molecular formula is C14H22N2O4S. The maximum Gasteiger partial charge on any atom is 0.247 e. The van der Waals surface area contributed by atoms with Crippen LogP contribution in [0.2, 0.25) is 0 Å². The van der Waals surface area contributed by atoms with E-state index in [2.05, 4.69) is 6.58 Å². The lowest BCUT2D eigenvalue weighted by atomic mass is 10.3. The number of hydrogen-bond acceptors (Lipinski definition) is 5. The van der Waals surface area contributed by atoms with Crippen LogP contribution in [0.4, 0.5) is 5.69 Å². The SMILES string of the molecule is C=CCN(CCC)S(=O)(=O)c1cc(N)c(OC)cc1OC. The number of rotatable bonds is 8. The molecule has 0 radical (unpaired) electrons. The lowest BCUT2D eigenvalue weighted by Crippen LogP contribution is -2.32. The first-order valence-electron chi connectivity index (χ1n) is 6.54. The van der Waals surface area contributed by atoms with E-state index in [1.165, 1.54) is 30.7 Å². The fourth-order valence-corrected chi connectivity index (χ4v) is 3.61. The second kappa shape index (κ2) is 7.33. The largest absolute Gasteiger partial charge is 0.495 e. The highest BCUT2D eigenvalue weighted by molar-refractivity contribution is 7.89. The first kappa shape index (κ1) is 17.3. The lowest BCUT2D eigenvalue weighted by Gasteiger charge is -2.22. The number of nitrogens with two attached hydrogens (primary N) is 1. The molecule has 0 aliphatic rings. The summed E-state index contributed by atoms with van der Waals surface area (Å²) in [5.74, 6) is 0.572. The third kappa shape index (κ3) is 3.68. The van der Waals surface area contributed by atoms with E-state index < -0.39 is 10.0 Å². The second-order valence-electron chi connectivity index (χ2n) is 4.40. The van der Waals surface area contributed by atoms with Crippen LogP contribution < -0.4 is 15.2 Å². The predicted octanol–water partition coefficient (Wildman–Crippen LogP) is 1.87. The fourth-order valence-electron chi connectivity index (χ4n) is 1.94. The van der Waals surface area contributed by atoms with Crippen LogP contribution in [0, 0.1) is 0 Å². The molecule has 0 amide bonds. The molecule has 0 aliphatic carbocycles. The summed E-state index contributed by atoms with van der Waals surface area (Å²) in [5.41, 5.74) is 6.06. The number of hydrogen-bond donors (Lipinski definition) is 1. The van der Waals surface area contributed by atoms with Crippen molar-refractivity contribution in [1.29, 1.82) is 0 Å². The van der Waals surface area contributed by atoms with Gasteiger partial charge in [0.1, 0.15) is 16.4 Å². The van der Waals surface area contributed by atoms with E-state index in [1.807, 2.05) is 6.92 Å². The Morgan fingerprint density at radius 1 is 1.29 bits per heavy atom. The summed E-state index contributed by atoms with van der Waals surface area (Å²) >= 11 is 0. The van der Waals surface area contributed by atoms with Gasteiger partial charge in [-0.15, -0.1) is 6.58 Å². The standard InChI is InChI=1S/C14H22N2O4S/c1-5-7-16(8-6-2)21(17,18)14-9-11(15)12(19-3)10-13(14)20-4/h5,9-10H,1,6-8,15H2,2-4H3. The summed E-state index contributed by atoms with van der Waals surface area (Å²) in [5, 5.41) is 0. The van der Waals surface area contributed by atoms with E-state index in [9.17, 15) is 8.42 Å². The Hall–Kier alpha value is -1.73. The summed E-state index contributed by atoms with van der Waals surface area (Å²) < 4.78 is 37.1. The van der Waals surface area contributed by atoms with Crippen molar-refractivity contribution in [2.45, 2.75) is 18.2 Å². The number of ether oxygens (including phenoxy) is 2. The van der Waals surface area contributed by atoms with Gasteiger partial charge >= 0.3 is 0 Å². The number of benzene rings is 1. The first-order valence-corrected chi connectivity index (χ1v) is 7.98. The summed E-state index contributed by atoms with van der Waals surface area (Å²) in [6.07, 6.45) is 2.24. The van der Waals surface area contributed by atoms with Crippen molar-refractivity contribution in [3.63, 3.8) is 0 Å². The summed E-state index contributed by atoms with van der Waals surface area (Å²) in [4.78, 5) is 0.0265. The number of nitrogen functional groups attached to an aromatic ring is 1. The number of methoxy groups -OCH3 is 2. The van der Waals surface area contributed by atoms with Gasteiger partial charge in [-0.2, -0.15) is 4.31 Å². The van der Waals surface area contributed by atoms with Gasteiger partial charge in [-0.05, 0) is 12.5 Å². The first-order chi connectivity index (χ1) is 9.92. The van der Waals surface area contributed by atoms with Crippen LogP contribution in [-0.2, 0) is 10.0 Å². The van der Waals surface area contributed by atoms with Crippen LogP contribution >= 0.6 is 0 Å². The van der Waals surface area contributed by atoms with Crippen molar-refractivity contribution in [1.82, 2.24) is 4.31 Å². The predicted molar refractivity (Wildman–Crippen MR) is 83.2 cm³/mol. The molecule has 6 nitrogen and oxygen atoms in total. The van der Waals surface area contributed by atoms with Crippen LogP contribution in [0.3, 0.4) is 0 Å². The third-order valence-corrected chi connectivity index (χ3v) is 4.83. The zero-order valence-corrected chi connectivity index (χ0v) is 13.4. The quantitative estimate of drug-likeness (QED) is 0.585. The van der Waals surface area contributed by atoms with E-state index in [-0.39, 0.29) is 22.9 Å². The average molecular weight is 314 g/mol. The molecular weight excluding hydrogens is 292 g/mol. The van der Waals surface area contributed by atoms with Gasteiger partial charge in [0.05, 0.1) is 19.9 Å². The Labute approximate surface area is 126 Å². The molecule has 0 atom stereocenters. The molecule has 0 saturated carbocycles. The number of anilines is 1. The highest BCUT2D eigenvalue weighted by atomic mass is 32.2. The maximum atomic E-state index is 12.7. The van der Waals surface area contributed by atoms with Crippen molar-refractivity contribution >= 4 is 15.7 Å². The van der Waals surface area contributed by atoms with Gasteiger partial charge in [-0.1, -0.05) is 13.0 Å². The average Bonchev–Trinajstić information content (AvgIpc) is 2.46. The Kier molecular flexibility index (Phi) is 6.04. The van der Waals surface area contributed by atoms with Crippen LogP contribution in [0.1, 0.15) is 13.3 Å². The van der Waals surface area contributed by atoms with Gasteiger partial charge in [0, 0.05) is 19.2 Å². The van der Waals surface area contributed by atoms with Crippen molar-refractivity contribution in [2.24, 2.45) is 0 Å². The maximum absolute atomic E-state index is 12.7. The molecule has 0 saturated heterocycles. The normalized spacial score (nSPS) is 11.4. The van der Waals surface area contributed by atoms with Crippen molar-refractivity contribution in [2.75, 3.05) is 33.0 Å². The Bertz CT molecular complexity index is 599. The van der Waals surface area contributed by atoms with Gasteiger partial charge in [-0.25, -0.2) is 8.42 Å². The molecule has 118 valence electrons. The zero-order chi connectivity index (χ0) is 16.0. The van der Waals surface area contributed by atoms with E-state index >= 15 is 0 Å². The van der Waals surface area contributed by atoms with E-state index in [1.54, 1.807) is 6.08 Å². The van der Waals surface area contributed by atoms with Gasteiger partial charge < -0.3 is 15.2 Å². The molecule has 2 N–H and O–H groups in total. The lowest BCUT2D eigenvalue weighted by molar-refractivity contribution is 0.383. The van der Waals surface area contributed by atoms with Crippen LogP contribution in [0.15, 0.2) is 29.7 Å². The highest BCUT2D eigenvalue weighted by Gasteiger charge is 2.27. The van der Waals surface area contributed by atoms with Crippen LogP contribution in [-0.4, -0.2) is 40.0 Å². The fraction of sp³-hybridized carbons (Fsp3) is 0.429. The Balaban J connectivity index is 3.41. The molecule has 21 heavy (non-hydrogen) atoms. The second-order valence-corrected chi connectivity index (χ2v) is 6.30. The minimum Gasteiger partial charge on any atom is -0.495 e. The summed E-state index contributed by atoms with van der Waals surface area (Å²) in [6, 6.07) is 2.83. The van der Waals surface area contributed by atoms with E-state index in [4.69, 9.17) is 15.2 Å². The van der Waals surface area contributed by atoms with E-state index in [0.717, 1.165) is 0 Å². The molecule has 0 unspecified atom stereocenters. The zero-order valence-electron chi connectivity index (χ0n) is 12.6.